The summed E-state index contributed by atoms with van der Waals surface area (Å²) in [7, 11) is 0. The van der Waals surface area contributed by atoms with Crippen LogP contribution in [-0.2, 0) is 11.3 Å². The first kappa shape index (κ1) is 16.3. The van der Waals surface area contributed by atoms with E-state index in [0.717, 1.165) is 44.7 Å². The van der Waals surface area contributed by atoms with Gasteiger partial charge in [0.2, 0.25) is 5.91 Å². The third kappa shape index (κ3) is 4.19. The fourth-order valence-corrected chi connectivity index (χ4v) is 2.69. The van der Waals surface area contributed by atoms with E-state index in [0.29, 0.717) is 5.56 Å². The van der Waals surface area contributed by atoms with E-state index in [-0.39, 0.29) is 5.91 Å². The molecule has 1 aromatic rings. The van der Waals surface area contributed by atoms with Crippen LogP contribution >= 0.6 is 0 Å². The molecule has 0 bridgehead atoms. The molecule has 0 N–H and O–H groups in total. The number of amides is 1. The van der Waals surface area contributed by atoms with Gasteiger partial charge >= 0.3 is 0 Å². The number of benzene rings is 1. The summed E-state index contributed by atoms with van der Waals surface area (Å²) in [5.74, 6) is 0.167. The number of carbonyl (C=O) groups excluding carboxylic acids is 1. The number of allylic oxidation sites excluding steroid dienone is 1. The van der Waals surface area contributed by atoms with Crippen molar-refractivity contribution in [1.82, 2.24) is 9.80 Å². The minimum absolute atomic E-state index is 0.167. The van der Waals surface area contributed by atoms with Crippen molar-refractivity contribution in [2.45, 2.75) is 26.8 Å². The van der Waals surface area contributed by atoms with Crippen molar-refractivity contribution in [2.24, 2.45) is 0 Å². The number of hydrogen-bond donors (Lipinski definition) is 0. The van der Waals surface area contributed by atoms with Crippen LogP contribution in [0, 0.1) is 11.3 Å². The Morgan fingerprint density at radius 1 is 1.23 bits per heavy atom. The Bertz CT molecular complexity index is 575. The summed E-state index contributed by atoms with van der Waals surface area (Å²) in [6.45, 7) is 8.17. The van der Waals surface area contributed by atoms with Gasteiger partial charge in [0.1, 0.15) is 0 Å². The lowest BCUT2D eigenvalue weighted by Crippen LogP contribution is -2.48. The van der Waals surface area contributed by atoms with E-state index in [9.17, 15) is 4.79 Å². The Hall–Kier alpha value is -2.12. The maximum absolute atomic E-state index is 12.2. The molecular formula is C18H23N3O. The van der Waals surface area contributed by atoms with Crippen molar-refractivity contribution in [3.8, 4) is 6.07 Å². The third-order valence-corrected chi connectivity index (χ3v) is 4.00. The van der Waals surface area contributed by atoms with Crippen LogP contribution in [0.5, 0.6) is 0 Å². The highest BCUT2D eigenvalue weighted by Gasteiger charge is 2.21. The van der Waals surface area contributed by atoms with Crippen molar-refractivity contribution in [2.75, 3.05) is 26.2 Å². The molecule has 1 aliphatic rings. The summed E-state index contributed by atoms with van der Waals surface area (Å²) in [5, 5.41) is 8.81. The lowest BCUT2D eigenvalue weighted by molar-refractivity contribution is -0.128. The van der Waals surface area contributed by atoms with E-state index in [1.807, 2.05) is 49.1 Å². The van der Waals surface area contributed by atoms with Gasteiger partial charge in [-0.05, 0) is 31.0 Å². The van der Waals surface area contributed by atoms with Crippen molar-refractivity contribution < 1.29 is 4.79 Å². The first-order valence-electron chi connectivity index (χ1n) is 7.81. The second-order valence-electron chi connectivity index (χ2n) is 5.67. The molecule has 0 unspecified atom stereocenters. The Labute approximate surface area is 132 Å². The van der Waals surface area contributed by atoms with Gasteiger partial charge in [-0.15, -0.1) is 0 Å². The molecule has 22 heavy (non-hydrogen) atoms. The van der Waals surface area contributed by atoms with Crippen LogP contribution in [-0.4, -0.2) is 41.9 Å². The van der Waals surface area contributed by atoms with Gasteiger partial charge < -0.3 is 4.90 Å². The largest absolute Gasteiger partial charge is 0.336 e. The summed E-state index contributed by atoms with van der Waals surface area (Å²) in [4.78, 5) is 16.5. The monoisotopic (exact) mass is 297 g/mol. The summed E-state index contributed by atoms with van der Waals surface area (Å²) < 4.78 is 0. The van der Waals surface area contributed by atoms with Gasteiger partial charge in [0.05, 0.1) is 11.6 Å². The topological polar surface area (TPSA) is 47.3 Å². The van der Waals surface area contributed by atoms with Crippen LogP contribution in [0.3, 0.4) is 0 Å². The molecule has 0 aromatic heterocycles. The average molecular weight is 297 g/mol. The second-order valence-corrected chi connectivity index (χ2v) is 5.67. The molecule has 1 heterocycles. The van der Waals surface area contributed by atoms with E-state index in [4.69, 9.17) is 5.26 Å². The van der Waals surface area contributed by atoms with Gasteiger partial charge in [0.25, 0.3) is 0 Å². The van der Waals surface area contributed by atoms with Gasteiger partial charge in [0.15, 0.2) is 0 Å². The summed E-state index contributed by atoms with van der Waals surface area (Å²) in [5.41, 5.74) is 2.75. The highest BCUT2D eigenvalue weighted by molar-refractivity contribution is 5.92. The summed E-state index contributed by atoms with van der Waals surface area (Å²) in [6.07, 6.45) is 2.89. The Balaban J connectivity index is 1.85. The molecule has 0 atom stereocenters. The predicted octanol–water partition coefficient (Wildman–Crippen LogP) is 2.56. The first-order valence-corrected chi connectivity index (χ1v) is 7.81. The first-order chi connectivity index (χ1) is 10.6. The van der Waals surface area contributed by atoms with E-state index in [1.54, 1.807) is 0 Å². The zero-order valence-corrected chi connectivity index (χ0v) is 13.4. The van der Waals surface area contributed by atoms with Gasteiger partial charge in [-0.3, -0.25) is 9.69 Å². The number of hydrogen-bond acceptors (Lipinski definition) is 3. The fraction of sp³-hybridized carbons (Fsp3) is 0.444. The molecule has 0 aliphatic carbocycles. The Morgan fingerprint density at radius 2 is 1.86 bits per heavy atom. The van der Waals surface area contributed by atoms with Gasteiger partial charge in [0, 0.05) is 38.3 Å². The zero-order valence-electron chi connectivity index (χ0n) is 13.4. The molecule has 4 heteroatoms. The van der Waals surface area contributed by atoms with Crippen LogP contribution in [0.25, 0.3) is 0 Å². The van der Waals surface area contributed by atoms with Gasteiger partial charge in [-0.25, -0.2) is 0 Å². The minimum Gasteiger partial charge on any atom is -0.336 e. The van der Waals surface area contributed by atoms with Crippen LogP contribution < -0.4 is 0 Å². The Kier molecular flexibility index (Phi) is 5.74. The van der Waals surface area contributed by atoms with Gasteiger partial charge in [-0.2, -0.15) is 5.26 Å². The predicted molar refractivity (Wildman–Crippen MR) is 87.1 cm³/mol. The SMILES string of the molecule is CC/C=C(/C)C(=O)N1CCN(Cc2ccc(C#N)cc2)CC1. The van der Waals surface area contributed by atoms with Crippen LogP contribution in [0.1, 0.15) is 31.4 Å². The maximum Gasteiger partial charge on any atom is 0.249 e. The molecule has 1 saturated heterocycles. The van der Waals surface area contributed by atoms with Gasteiger partial charge in [-0.1, -0.05) is 25.1 Å². The fourth-order valence-electron chi connectivity index (χ4n) is 2.69. The quantitative estimate of drug-likeness (QED) is 0.802. The summed E-state index contributed by atoms with van der Waals surface area (Å²) >= 11 is 0. The van der Waals surface area contributed by atoms with Crippen molar-refractivity contribution >= 4 is 5.91 Å². The number of carbonyl (C=O) groups is 1. The van der Waals surface area contributed by atoms with Crippen LogP contribution in [0.2, 0.25) is 0 Å². The molecule has 0 spiro atoms. The molecule has 0 saturated carbocycles. The van der Waals surface area contributed by atoms with Crippen LogP contribution in [0.4, 0.5) is 0 Å². The smallest absolute Gasteiger partial charge is 0.249 e. The number of nitrogens with zero attached hydrogens (tertiary/aromatic N) is 3. The highest BCUT2D eigenvalue weighted by Crippen LogP contribution is 2.12. The van der Waals surface area contributed by atoms with Crippen molar-refractivity contribution in [3.05, 3.63) is 47.0 Å². The third-order valence-electron chi connectivity index (χ3n) is 4.00. The molecule has 1 aromatic carbocycles. The van der Waals surface area contributed by atoms with E-state index in [2.05, 4.69) is 11.0 Å². The number of piperazine rings is 1. The molecule has 4 nitrogen and oxygen atoms in total. The molecule has 1 aliphatic heterocycles. The molecule has 116 valence electrons. The van der Waals surface area contributed by atoms with Crippen LogP contribution in [0.15, 0.2) is 35.9 Å². The van der Waals surface area contributed by atoms with E-state index in [1.165, 1.54) is 5.56 Å². The normalized spacial score (nSPS) is 16.4. The molecule has 1 amide bonds. The zero-order chi connectivity index (χ0) is 15.9. The molecule has 0 radical (unpaired) electrons. The molecule has 2 rings (SSSR count). The maximum atomic E-state index is 12.2. The Morgan fingerprint density at radius 3 is 2.41 bits per heavy atom. The van der Waals surface area contributed by atoms with Crippen molar-refractivity contribution in [1.29, 1.82) is 5.26 Å². The number of rotatable bonds is 4. The highest BCUT2D eigenvalue weighted by atomic mass is 16.2. The lowest BCUT2D eigenvalue weighted by Gasteiger charge is -2.35. The van der Waals surface area contributed by atoms with Crippen molar-refractivity contribution in [3.63, 3.8) is 0 Å². The second kappa shape index (κ2) is 7.77. The standard InChI is InChI=1S/C18H23N3O/c1-3-4-15(2)18(22)21-11-9-20(10-12-21)14-17-7-5-16(13-19)6-8-17/h4-8H,3,9-12,14H2,1-2H3/b15-4-. The lowest BCUT2D eigenvalue weighted by atomic mass is 10.1. The van der Waals surface area contributed by atoms with E-state index < -0.39 is 0 Å². The number of nitriles is 1. The average Bonchev–Trinajstić information content (AvgIpc) is 2.56. The molecule has 1 fully saturated rings. The van der Waals surface area contributed by atoms with E-state index >= 15 is 0 Å². The molecular weight excluding hydrogens is 274 g/mol. The summed E-state index contributed by atoms with van der Waals surface area (Å²) in [6, 6.07) is 9.85. The minimum atomic E-state index is 0.167.